The van der Waals surface area contributed by atoms with Gasteiger partial charge in [0, 0.05) is 48.0 Å². The molecule has 5 heteroatoms. The number of fused-ring (bicyclic) bond motifs is 1. The van der Waals surface area contributed by atoms with E-state index in [4.69, 9.17) is 4.74 Å². The molecule has 0 saturated heterocycles. The molecule has 2 fully saturated rings. The van der Waals surface area contributed by atoms with Crippen LogP contribution in [0.15, 0.2) is 85.2 Å². The van der Waals surface area contributed by atoms with Crippen molar-refractivity contribution < 1.29 is 4.74 Å². The summed E-state index contributed by atoms with van der Waals surface area (Å²) < 4.78 is 6.45. The van der Waals surface area contributed by atoms with Crippen molar-refractivity contribution in [2.75, 3.05) is 28.0 Å². The van der Waals surface area contributed by atoms with Gasteiger partial charge in [-0.25, -0.2) is 0 Å². The van der Waals surface area contributed by atoms with E-state index < -0.39 is 0 Å². The molecule has 3 aromatic rings. The maximum absolute atomic E-state index is 6.45. The third-order valence-corrected chi connectivity index (χ3v) is 9.10. The number of benzene rings is 3. The Morgan fingerprint density at radius 3 is 1.95 bits per heavy atom. The van der Waals surface area contributed by atoms with Gasteiger partial charge in [-0.1, -0.05) is 62.8 Å². The van der Waals surface area contributed by atoms with Crippen LogP contribution in [0.2, 0.25) is 0 Å². The monoisotopic (exact) mass is 520 g/mol. The van der Waals surface area contributed by atoms with Crippen LogP contribution in [0.25, 0.3) is 0 Å². The third kappa shape index (κ3) is 5.07. The molecule has 0 spiro atoms. The van der Waals surface area contributed by atoms with Crippen LogP contribution < -0.4 is 19.4 Å². The van der Waals surface area contributed by atoms with Crippen molar-refractivity contribution in [2.45, 2.75) is 76.3 Å². The number of hydrogen-bond acceptors (Lipinski definition) is 5. The molecule has 0 radical (unpaired) electrons. The first kappa shape index (κ1) is 24.4. The molecule has 4 aliphatic rings. The van der Waals surface area contributed by atoms with Crippen LogP contribution in [0.5, 0.6) is 11.5 Å². The Morgan fingerprint density at radius 2 is 1.21 bits per heavy atom. The second-order valence-electron chi connectivity index (χ2n) is 11.6. The number of hydrogen-bond donors (Lipinski definition) is 0. The highest BCUT2D eigenvalue weighted by Crippen LogP contribution is 2.44. The van der Waals surface area contributed by atoms with Crippen molar-refractivity contribution >= 4 is 22.7 Å². The van der Waals surface area contributed by atoms with E-state index in [2.05, 4.69) is 105 Å². The number of nitrogens with zero attached hydrogens (tertiary/aromatic N) is 4. The summed E-state index contributed by atoms with van der Waals surface area (Å²) in [7, 11) is 0. The molecule has 0 amide bonds. The fourth-order valence-corrected chi connectivity index (χ4v) is 7.00. The molecule has 7 rings (SSSR count). The standard InChI is InChI=1S/C34H40N4O/c1-3-11-27(12-4-1)35-21-22-36(25-35)29-15-9-17-31(23-29)39-32-18-10-16-30(24-32)38-26-37(28-13-5-2-6-14-28)33-19-7-8-20-34(33)38/h7-10,15-24,27-28H,1-6,11-14,25-26H2. The summed E-state index contributed by atoms with van der Waals surface area (Å²) in [5.74, 6) is 1.75. The Morgan fingerprint density at radius 1 is 0.564 bits per heavy atom. The molecule has 2 saturated carbocycles. The van der Waals surface area contributed by atoms with Crippen molar-refractivity contribution in [3.8, 4) is 11.5 Å². The SMILES string of the molecule is C1=CN(C2CCCCC2)CN1c1cccc(Oc2cccc(N3CN(C4CCCCC4)c4ccccc43)c2)c1. The summed E-state index contributed by atoms with van der Waals surface area (Å²) in [5, 5.41) is 0. The van der Waals surface area contributed by atoms with Gasteiger partial charge in [-0.3, -0.25) is 0 Å². The highest BCUT2D eigenvalue weighted by molar-refractivity contribution is 5.83. The molecular weight excluding hydrogens is 480 g/mol. The van der Waals surface area contributed by atoms with E-state index in [0.29, 0.717) is 12.1 Å². The topological polar surface area (TPSA) is 22.2 Å². The van der Waals surface area contributed by atoms with E-state index in [9.17, 15) is 0 Å². The molecular formula is C34H40N4O. The van der Waals surface area contributed by atoms with Crippen LogP contribution >= 0.6 is 0 Å². The normalized spacial score (nSPS) is 20.1. The number of ether oxygens (including phenoxy) is 1. The van der Waals surface area contributed by atoms with Crippen LogP contribution in [0.4, 0.5) is 22.7 Å². The lowest BCUT2D eigenvalue weighted by atomic mass is 9.94. The van der Waals surface area contributed by atoms with Gasteiger partial charge in [-0.05, 0) is 62.1 Å². The van der Waals surface area contributed by atoms with Crippen LogP contribution in [-0.4, -0.2) is 30.3 Å². The van der Waals surface area contributed by atoms with E-state index in [-0.39, 0.29) is 0 Å². The first-order chi connectivity index (χ1) is 19.3. The second-order valence-corrected chi connectivity index (χ2v) is 11.6. The van der Waals surface area contributed by atoms with Gasteiger partial charge in [-0.15, -0.1) is 0 Å². The molecule has 2 aliphatic carbocycles. The number of rotatable bonds is 6. The zero-order chi connectivity index (χ0) is 26.0. The lowest BCUT2D eigenvalue weighted by Gasteiger charge is -2.33. The Balaban J connectivity index is 1.07. The van der Waals surface area contributed by atoms with Gasteiger partial charge in [-0.2, -0.15) is 0 Å². The average Bonchev–Trinajstić information content (AvgIpc) is 3.65. The van der Waals surface area contributed by atoms with Gasteiger partial charge in [0.2, 0.25) is 0 Å². The minimum absolute atomic E-state index is 0.640. The first-order valence-corrected chi connectivity index (χ1v) is 15.0. The molecule has 0 unspecified atom stereocenters. The zero-order valence-corrected chi connectivity index (χ0v) is 22.9. The molecule has 0 bridgehead atoms. The van der Waals surface area contributed by atoms with E-state index in [1.165, 1.54) is 87.0 Å². The highest BCUT2D eigenvalue weighted by Gasteiger charge is 2.32. The predicted octanol–water partition coefficient (Wildman–Crippen LogP) is 8.61. The van der Waals surface area contributed by atoms with Crippen molar-refractivity contribution in [3.63, 3.8) is 0 Å². The number of anilines is 4. The minimum Gasteiger partial charge on any atom is -0.457 e. The van der Waals surface area contributed by atoms with Gasteiger partial charge < -0.3 is 24.3 Å². The first-order valence-electron chi connectivity index (χ1n) is 15.0. The Kier molecular flexibility index (Phi) is 6.82. The van der Waals surface area contributed by atoms with Crippen LogP contribution in [-0.2, 0) is 0 Å². The molecule has 3 aromatic carbocycles. The summed E-state index contributed by atoms with van der Waals surface area (Å²) in [4.78, 5) is 9.92. The summed E-state index contributed by atoms with van der Waals surface area (Å²) in [6, 6.07) is 27.3. The van der Waals surface area contributed by atoms with Crippen molar-refractivity contribution in [1.82, 2.24) is 4.90 Å². The van der Waals surface area contributed by atoms with Crippen molar-refractivity contribution in [2.24, 2.45) is 0 Å². The largest absolute Gasteiger partial charge is 0.457 e. The van der Waals surface area contributed by atoms with Gasteiger partial charge in [0.05, 0.1) is 24.7 Å². The van der Waals surface area contributed by atoms with Gasteiger partial charge >= 0.3 is 0 Å². The van der Waals surface area contributed by atoms with Crippen LogP contribution in [0.1, 0.15) is 64.2 Å². The van der Waals surface area contributed by atoms with Crippen LogP contribution in [0.3, 0.4) is 0 Å². The van der Waals surface area contributed by atoms with Gasteiger partial charge in [0.25, 0.3) is 0 Å². The molecule has 0 aromatic heterocycles. The molecule has 202 valence electrons. The fraction of sp³-hybridized carbons (Fsp3) is 0.412. The molecule has 2 aliphatic heterocycles. The Hall–Kier alpha value is -3.60. The molecule has 0 atom stereocenters. The van der Waals surface area contributed by atoms with E-state index in [1.807, 2.05) is 0 Å². The van der Waals surface area contributed by atoms with Crippen LogP contribution in [0, 0.1) is 0 Å². The number of para-hydroxylation sites is 2. The van der Waals surface area contributed by atoms with Gasteiger partial charge in [0.1, 0.15) is 11.5 Å². The van der Waals surface area contributed by atoms with Crippen molar-refractivity contribution in [1.29, 1.82) is 0 Å². The lowest BCUT2D eigenvalue weighted by Crippen LogP contribution is -2.38. The fourth-order valence-electron chi connectivity index (χ4n) is 7.00. The minimum atomic E-state index is 0.640. The van der Waals surface area contributed by atoms with E-state index >= 15 is 0 Å². The smallest absolute Gasteiger partial charge is 0.129 e. The summed E-state index contributed by atoms with van der Waals surface area (Å²) in [6.45, 7) is 1.83. The summed E-state index contributed by atoms with van der Waals surface area (Å²) in [6.07, 6.45) is 17.9. The lowest BCUT2D eigenvalue weighted by molar-refractivity contribution is 0.232. The summed E-state index contributed by atoms with van der Waals surface area (Å²) >= 11 is 0. The predicted molar refractivity (Wildman–Crippen MR) is 161 cm³/mol. The van der Waals surface area contributed by atoms with Gasteiger partial charge in [0.15, 0.2) is 0 Å². The molecule has 39 heavy (non-hydrogen) atoms. The Bertz CT molecular complexity index is 1310. The Labute approximate surface area is 233 Å². The molecule has 5 nitrogen and oxygen atoms in total. The van der Waals surface area contributed by atoms with E-state index in [0.717, 1.165) is 24.8 Å². The van der Waals surface area contributed by atoms with Crippen molar-refractivity contribution in [3.05, 3.63) is 85.2 Å². The third-order valence-electron chi connectivity index (χ3n) is 9.10. The quantitative estimate of drug-likeness (QED) is 0.324. The zero-order valence-electron chi connectivity index (χ0n) is 22.9. The second kappa shape index (κ2) is 10.9. The molecule has 0 N–H and O–H groups in total. The maximum Gasteiger partial charge on any atom is 0.129 e. The molecule has 2 heterocycles. The van der Waals surface area contributed by atoms with E-state index in [1.54, 1.807) is 0 Å². The summed E-state index contributed by atoms with van der Waals surface area (Å²) in [5.41, 5.74) is 5.02. The highest BCUT2D eigenvalue weighted by atomic mass is 16.5. The maximum atomic E-state index is 6.45. The average molecular weight is 521 g/mol.